The third-order valence-electron chi connectivity index (χ3n) is 4.07. The molecule has 4 nitrogen and oxygen atoms in total. The number of hydrogen-bond acceptors (Lipinski definition) is 3. The first-order valence-electron chi connectivity index (χ1n) is 6.85. The minimum atomic E-state index is 0.00315. The molecule has 1 amide bonds. The average Bonchev–Trinajstić information content (AvgIpc) is 2.76. The highest BCUT2D eigenvalue weighted by Gasteiger charge is 2.38. The summed E-state index contributed by atoms with van der Waals surface area (Å²) in [5.74, 6) is 0.460. The molecule has 104 valence electrons. The number of halogens is 1. The average molecular weight is 328 g/mol. The lowest BCUT2D eigenvalue weighted by Crippen LogP contribution is -2.54. The van der Waals surface area contributed by atoms with E-state index in [1.54, 1.807) is 0 Å². The van der Waals surface area contributed by atoms with Crippen molar-refractivity contribution in [1.29, 1.82) is 0 Å². The molecule has 1 saturated carbocycles. The zero-order valence-corrected chi connectivity index (χ0v) is 12.6. The maximum absolute atomic E-state index is 12.6. The van der Waals surface area contributed by atoms with Gasteiger partial charge in [0.05, 0.1) is 18.8 Å². The van der Waals surface area contributed by atoms with Crippen LogP contribution >= 0.6 is 15.9 Å². The Morgan fingerprint density at radius 2 is 2.21 bits per heavy atom. The Kier molecular flexibility index (Phi) is 3.67. The molecular weight excluding hydrogens is 310 g/mol. The van der Waals surface area contributed by atoms with Crippen LogP contribution in [-0.2, 0) is 4.74 Å². The van der Waals surface area contributed by atoms with Gasteiger partial charge in [-0.05, 0) is 41.8 Å². The van der Waals surface area contributed by atoms with Crippen LogP contribution in [0, 0.1) is 6.92 Å². The highest BCUT2D eigenvalue weighted by Crippen LogP contribution is 2.30. The summed E-state index contributed by atoms with van der Waals surface area (Å²) in [7, 11) is 0. The molecule has 1 aromatic heterocycles. The summed E-state index contributed by atoms with van der Waals surface area (Å²) in [4.78, 5) is 14.6. The molecule has 2 aliphatic rings. The molecule has 0 spiro atoms. The molecule has 3 rings (SSSR count). The van der Waals surface area contributed by atoms with E-state index in [0.717, 1.165) is 18.4 Å². The number of ether oxygens (including phenoxy) is 1. The second-order valence-electron chi connectivity index (χ2n) is 5.32. The first-order chi connectivity index (χ1) is 9.16. The Labute approximate surface area is 121 Å². The van der Waals surface area contributed by atoms with E-state index in [-0.39, 0.29) is 18.1 Å². The third kappa shape index (κ3) is 2.46. The molecule has 0 aromatic carbocycles. The number of rotatable bonds is 1. The number of fused-ring (bicyclic) bond motifs is 1. The number of aryl methyl sites for hydroxylation is 1. The molecule has 2 atom stereocenters. The summed E-state index contributed by atoms with van der Waals surface area (Å²) >= 11 is 3.28. The van der Waals surface area contributed by atoms with E-state index in [1.165, 1.54) is 12.8 Å². The van der Waals surface area contributed by atoms with Crippen molar-refractivity contribution < 1.29 is 13.9 Å². The van der Waals surface area contributed by atoms with Crippen molar-refractivity contribution in [1.82, 2.24) is 4.90 Å². The van der Waals surface area contributed by atoms with Gasteiger partial charge in [-0.3, -0.25) is 4.79 Å². The summed E-state index contributed by atoms with van der Waals surface area (Å²) < 4.78 is 11.9. The fourth-order valence-electron chi connectivity index (χ4n) is 3.13. The van der Waals surface area contributed by atoms with Crippen LogP contribution in [0.25, 0.3) is 0 Å². The summed E-state index contributed by atoms with van der Waals surface area (Å²) in [5, 5.41) is 0. The first-order valence-corrected chi connectivity index (χ1v) is 7.64. The molecule has 1 saturated heterocycles. The Balaban J connectivity index is 1.83. The molecule has 19 heavy (non-hydrogen) atoms. The van der Waals surface area contributed by atoms with Crippen molar-refractivity contribution in [3.05, 3.63) is 22.1 Å². The molecule has 5 heteroatoms. The topological polar surface area (TPSA) is 42.7 Å². The van der Waals surface area contributed by atoms with Crippen LogP contribution in [0.1, 0.15) is 41.8 Å². The molecule has 0 N–H and O–H groups in total. The molecular formula is C14H18BrNO3. The van der Waals surface area contributed by atoms with Gasteiger partial charge in [0, 0.05) is 12.1 Å². The number of carbonyl (C=O) groups is 1. The van der Waals surface area contributed by atoms with Gasteiger partial charge in [0.2, 0.25) is 0 Å². The van der Waals surface area contributed by atoms with Gasteiger partial charge in [0.25, 0.3) is 5.91 Å². The fraction of sp³-hybridized carbons (Fsp3) is 0.643. The van der Waals surface area contributed by atoms with Gasteiger partial charge in [0.1, 0.15) is 0 Å². The second kappa shape index (κ2) is 5.29. The Bertz CT molecular complexity index is 483. The van der Waals surface area contributed by atoms with E-state index in [9.17, 15) is 4.79 Å². The van der Waals surface area contributed by atoms with E-state index < -0.39 is 0 Å². The monoisotopic (exact) mass is 327 g/mol. The van der Waals surface area contributed by atoms with Gasteiger partial charge in [-0.25, -0.2) is 0 Å². The van der Waals surface area contributed by atoms with E-state index in [0.29, 0.717) is 23.6 Å². The summed E-state index contributed by atoms with van der Waals surface area (Å²) in [6, 6.07) is 2.06. The lowest BCUT2D eigenvalue weighted by Gasteiger charge is -2.43. The molecule has 0 unspecified atom stereocenters. The van der Waals surface area contributed by atoms with Crippen LogP contribution in [0.15, 0.2) is 15.2 Å². The summed E-state index contributed by atoms with van der Waals surface area (Å²) in [6.45, 7) is 3.20. The third-order valence-corrected chi connectivity index (χ3v) is 4.47. The van der Waals surface area contributed by atoms with Crippen LogP contribution in [0.3, 0.4) is 0 Å². The summed E-state index contributed by atoms with van der Waals surface area (Å²) in [5.41, 5.74) is 0.885. The number of furan rings is 1. The standard InChI is InChI=1S/C14H18BrNO3/c1-9-8-12(15)19-13(9)14(17)16-6-7-18-11-5-3-2-4-10(11)16/h8,10-11H,2-7H2,1H3/t10-,11+/m0/s1. The van der Waals surface area contributed by atoms with E-state index in [1.807, 2.05) is 17.9 Å². The van der Waals surface area contributed by atoms with Gasteiger partial charge in [-0.15, -0.1) is 0 Å². The normalized spacial score (nSPS) is 27.2. The van der Waals surface area contributed by atoms with Crippen molar-refractivity contribution in [3.8, 4) is 0 Å². The summed E-state index contributed by atoms with van der Waals surface area (Å²) in [6.07, 6.45) is 4.70. The van der Waals surface area contributed by atoms with Gasteiger partial charge < -0.3 is 14.1 Å². The number of amides is 1. The number of morpholine rings is 1. The SMILES string of the molecule is Cc1cc(Br)oc1C(=O)N1CCO[C@@H]2CCCC[C@@H]21. The van der Waals surface area contributed by atoms with Gasteiger partial charge in [0.15, 0.2) is 10.4 Å². The van der Waals surface area contributed by atoms with Crippen LogP contribution in [-0.4, -0.2) is 36.1 Å². The van der Waals surface area contributed by atoms with Crippen LogP contribution < -0.4 is 0 Å². The van der Waals surface area contributed by atoms with Crippen LogP contribution in [0.4, 0.5) is 0 Å². The molecule has 2 fully saturated rings. The largest absolute Gasteiger partial charge is 0.444 e. The first kappa shape index (κ1) is 13.2. The fourth-order valence-corrected chi connectivity index (χ4v) is 3.64. The molecule has 0 bridgehead atoms. The van der Waals surface area contributed by atoms with Gasteiger partial charge in [-0.2, -0.15) is 0 Å². The van der Waals surface area contributed by atoms with E-state index in [2.05, 4.69) is 15.9 Å². The number of nitrogens with zero attached hydrogens (tertiary/aromatic N) is 1. The van der Waals surface area contributed by atoms with Crippen molar-refractivity contribution in [2.75, 3.05) is 13.2 Å². The van der Waals surface area contributed by atoms with Crippen molar-refractivity contribution in [2.45, 2.75) is 44.8 Å². The minimum absolute atomic E-state index is 0.00315. The molecule has 0 radical (unpaired) electrons. The Hall–Kier alpha value is -0.810. The van der Waals surface area contributed by atoms with Gasteiger partial charge >= 0.3 is 0 Å². The molecule has 2 heterocycles. The smallest absolute Gasteiger partial charge is 0.290 e. The molecule has 1 aromatic rings. The highest BCUT2D eigenvalue weighted by atomic mass is 79.9. The van der Waals surface area contributed by atoms with Crippen molar-refractivity contribution in [3.63, 3.8) is 0 Å². The van der Waals surface area contributed by atoms with Crippen LogP contribution in [0.5, 0.6) is 0 Å². The van der Waals surface area contributed by atoms with Crippen molar-refractivity contribution >= 4 is 21.8 Å². The second-order valence-corrected chi connectivity index (χ2v) is 6.10. The number of hydrogen-bond donors (Lipinski definition) is 0. The lowest BCUT2D eigenvalue weighted by molar-refractivity contribution is -0.0760. The quantitative estimate of drug-likeness (QED) is 0.795. The van der Waals surface area contributed by atoms with E-state index >= 15 is 0 Å². The Morgan fingerprint density at radius 3 is 2.95 bits per heavy atom. The maximum Gasteiger partial charge on any atom is 0.290 e. The predicted molar refractivity (Wildman–Crippen MR) is 74.2 cm³/mol. The molecule has 1 aliphatic heterocycles. The van der Waals surface area contributed by atoms with E-state index in [4.69, 9.17) is 9.15 Å². The Morgan fingerprint density at radius 1 is 1.42 bits per heavy atom. The minimum Gasteiger partial charge on any atom is -0.444 e. The van der Waals surface area contributed by atoms with Crippen molar-refractivity contribution in [2.24, 2.45) is 0 Å². The highest BCUT2D eigenvalue weighted by molar-refractivity contribution is 9.10. The zero-order valence-electron chi connectivity index (χ0n) is 11.0. The van der Waals surface area contributed by atoms with Gasteiger partial charge in [-0.1, -0.05) is 12.8 Å². The maximum atomic E-state index is 12.6. The molecule has 1 aliphatic carbocycles. The number of carbonyl (C=O) groups excluding carboxylic acids is 1. The lowest BCUT2D eigenvalue weighted by atomic mass is 9.90. The zero-order chi connectivity index (χ0) is 13.4. The van der Waals surface area contributed by atoms with Crippen LogP contribution in [0.2, 0.25) is 0 Å². The predicted octanol–water partition coefficient (Wildman–Crippen LogP) is 3.13.